The molecule has 0 saturated heterocycles. The third kappa shape index (κ3) is 4.34. The fraction of sp³-hybridized carbons (Fsp3) is 0.538. The van der Waals surface area contributed by atoms with Crippen molar-refractivity contribution in [2.75, 3.05) is 19.8 Å². The van der Waals surface area contributed by atoms with Crippen molar-refractivity contribution >= 4 is 0 Å². The van der Waals surface area contributed by atoms with Crippen LogP contribution in [0.3, 0.4) is 0 Å². The van der Waals surface area contributed by atoms with Crippen molar-refractivity contribution in [3.05, 3.63) is 29.3 Å². The van der Waals surface area contributed by atoms with Gasteiger partial charge in [0.15, 0.2) is 0 Å². The molecule has 1 aromatic rings. The monoisotopic (exact) mass is 208 g/mol. The van der Waals surface area contributed by atoms with Crippen molar-refractivity contribution in [1.29, 1.82) is 0 Å². The Morgan fingerprint density at radius 1 is 1.13 bits per heavy atom. The van der Waals surface area contributed by atoms with E-state index >= 15 is 0 Å². The van der Waals surface area contributed by atoms with E-state index in [9.17, 15) is 0 Å². The van der Waals surface area contributed by atoms with Gasteiger partial charge in [-0.05, 0) is 32.4 Å². The Bertz CT molecular complexity index is 295. The molecule has 0 atom stereocenters. The molecule has 0 bridgehead atoms. The summed E-state index contributed by atoms with van der Waals surface area (Å²) < 4.78 is 10.9. The minimum atomic E-state index is 0.726. The molecule has 1 rings (SSSR count). The quantitative estimate of drug-likeness (QED) is 0.669. The molecule has 84 valence electrons. The van der Waals surface area contributed by atoms with E-state index in [0.29, 0.717) is 0 Å². The molecule has 1 aromatic carbocycles. The molecule has 0 fully saturated rings. The highest BCUT2D eigenvalue weighted by Gasteiger charge is 1.98. The van der Waals surface area contributed by atoms with Gasteiger partial charge in [-0.3, -0.25) is 0 Å². The fourth-order valence-corrected chi connectivity index (χ4v) is 1.45. The van der Waals surface area contributed by atoms with Gasteiger partial charge in [0.25, 0.3) is 0 Å². The van der Waals surface area contributed by atoms with E-state index in [2.05, 4.69) is 26.0 Å². The van der Waals surface area contributed by atoms with Crippen molar-refractivity contribution in [3.63, 3.8) is 0 Å². The van der Waals surface area contributed by atoms with Gasteiger partial charge in [-0.2, -0.15) is 0 Å². The molecule has 0 aliphatic rings. The first-order valence-corrected chi connectivity index (χ1v) is 5.52. The number of hydrogen-bond acceptors (Lipinski definition) is 2. The summed E-state index contributed by atoms with van der Waals surface area (Å²) in [5, 5.41) is 0. The predicted molar refractivity (Wildman–Crippen MR) is 62.5 cm³/mol. The van der Waals surface area contributed by atoms with Crippen molar-refractivity contribution in [2.45, 2.75) is 27.2 Å². The van der Waals surface area contributed by atoms with Gasteiger partial charge in [-0.25, -0.2) is 0 Å². The number of hydrogen-bond donors (Lipinski definition) is 0. The second kappa shape index (κ2) is 6.46. The molecule has 0 spiro atoms. The Morgan fingerprint density at radius 2 is 1.93 bits per heavy atom. The average molecular weight is 208 g/mol. The molecule has 0 aromatic heterocycles. The topological polar surface area (TPSA) is 18.5 Å². The number of benzene rings is 1. The summed E-state index contributed by atoms with van der Waals surface area (Å²) in [5.74, 6) is 0.983. The van der Waals surface area contributed by atoms with Gasteiger partial charge in [0.05, 0.1) is 6.61 Å². The van der Waals surface area contributed by atoms with E-state index in [4.69, 9.17) is 9.47 Å². The minimum Gasteiger partial charge on any atom is -0.493 e. The van der Waals surface area contributed by atoms with Gasteiger partial charge in [-0.1, -0.05) is 17.7 Å². The third-order valence-corrected chi connectivity index (χ3v) is 2.23. The Balaban J connectivity index is 2.31. The average Bonchev–Trinajstić information content (AvgIpc) is 2.20. The van der Waals surface area contributed by atoms with Crippen LogP contribution in [0.25, 0.3) is 0 Å². The first-order chi connectivity index (χ1) is 7.24. The largest absolute Gasteiger partial charge is 0.493 e. The Morgan fingerprint density at radius 3 is 2.60 bits per heavy atom. The minimum absolute atomic E-state index is 0.726. The number of aryl methyl sites for hydroxylation is 2. The molecule has 15 heavy (non-hydrogen) atoms. The van der Waals surface area contributed by atoms with Crippen LogP contribution in [0.15, 0.2) is 18.2 Å². The van der Waals surface area contributed by atoms with Crippen molar-refractivity contribution in [1.82, 2.24) is 0 Å². The van der Waals surface area contributed by atoms with Gasteiger partial charge >= 0.3 is 0 Å². The van der Waals surface area contributed by atoms with E-state index in [-0.39, 0.29) is 0 Å². The number of rotatable bonds is 6. The van der Waals surface area contributed by atoms with Crippen LogP contribution in [0, 0.1) is 13.8 Å². The molecule has 2 heteroatoms. The summed E-state index contributed by atoms with van der Waals surface area (Å²) >= 11 is 0. The standard InChI is InChI=1S/C13H20O2/c1-4-14-8-5-9-15-13-7-6-11(2)10-12(13)3/h6-7,10H,4-5,8-9H2,1-3H3. The summed E-state index contributed by atoms with van der Waals surface area (Å²) in [5.41, 5.74) is 2.47. The molecular formula is C13H20O2. The van der Waals surface area contributed by atoms with Crippen LogP contribution in [0.1, 0.15) is 24.5 Å². The lowest BCUT2D eigenvalue weighted by molar-refractivity contribution is 0.130. The van der Waals surface area contributed by atoms with Gasteiger partial charge in [0.1, 0.15) is 5.75 Å². The van der Waals surface area contributed by atoms with Gasteiger partial charge < -0.3 is 9.47 Å². The van der Waals surface area contributed by atoms with Crippen LogP contribution in [-0.2, 0) is 4.74 Å². The summed E-state index contributed by atoms with van der Waals surface area (Å²) in [4.78, 5) is 0. The zero-order valence-corrected chi connectivity index (χ0v) is 9.88. The van der Waals surface area contributed by atoms with E-state index in [1.807, 2.05) is 13.0 Å². The fourth-order valence-electron chi connectivity index (χ4n) is 1.45. The zero-order chi connectivity index (χ0) is 11.1. The Labute approximate surface area is 92.2 Å². The van der Waals surface area contributed by atoms with Gasteiger partial charge in [0.2, 0.25) is 0 Å². The van der Waals surface area contributed by atoms with E-state index in [1.54, 1.807) is 0 Å². The third-order valence-electron chi connectivity index (χ3n) is 2.23. The molecule has 0 saturated carbocycles. The van der Waals surface area contributed by atoms with E-state index in [1.165, 1.54) is 11.1 Å². The molecular weight excluding hydrogens is 188 g/mol. The van der Waals surface area contributed by atoms with Crippen LogP contribution < -0.4 is 4.74 Å². The normalized spacial score (nSPS) is 10.3. The maximum Gasteiger partial charge on any atom is 0.122 e. The predicted octanol–water partition coefficient (Wildman–Crippen LogP) is 3.11. The Hall–Kier alpha value is -1.02. The highest BCUT2D eigenvalue weighted by Crippen LogP contribution is 2.18. The Kier molecular flexibility index (Phi) is 5.19. The number of ether oxygens (including phenoxy) is 2. The zero-order valence-electron chi connectivity index (χ0n) is 9.88. The van der Waals surface area contributed by atoms with E-state index in [0.717, 1.165) is 32.0 Å². The van der Waals surface area contributed by atoms with Crippen molar-refractivity contribution in [3.8, 4) is 5.75 Å². The molecule has 2 nitrogen and oxygen atoms in total. The van der Waals surface area contributed by atoms with E-state index < -0.39 is 0 Å². The lowest BCUT2D eigenvalue weighted by atomic mass is 10.1. The van der Waals surface area contributed by atoms with Crippen LogP contribution in [-0.4, -0.2) is 19.8 Å². The lowest BCUT2D eigenvalue weighted by Crippen LogP contribution is -2.03. The van der Waals surface area contributed by atoms with Crippen LogP contribution in [0.2, 0.25) is 0 Å². The van der Waals surface area contributed by atoms with Gasteiger partial charge in [-0.15, -0.1) is 0 Å². The molecule has 0 aliphatic heterocycles. The summed E-state index contributed by atoms with van der Waals surface area (Å²) in [6.07, 6.45) is 0.946. The maximum absolute atomic E-state index is 5.66. The van der Waals surface area contributed by atoms with Crippen molar-refractivity contribution < 1.29 is 9.47 Å². The summed E-state index contributed by atoms with van der Waals surface area (Å²) in [6.45, 7) is 8.45. The summed E-state index contributed by atoms with van der Waals surface area (Å²) in [7, 11) is 0. The maximum atomic E-state index is 5.66. The highest BCUT2D eigenvalue weighted by molar-refractivity contribution is 5.35. The molecule has 0 heterocycles. The molecule has 0 N–H and O–H groups in total. The highest BCUT2D eigenvalue weighted by atomic mass is 16.5. The first-order valence-electron chi connectivity index (χ1n) is 5.52. The smallest absolute Gasteiger partial charge is 0.122 e. The second-order valence-electron chi connectivity index (χ2n) is 3.67. The molecule has 0 radical (unpaired) electrons. The van der Waals surface area contributed by atoms with Crippen LogP contribution in [0.5, 0.6) is 5.75 Å². The lowest BCUT2D eigenvalue weighted by Gasteiger charge is -2.09. The molecule has 0 aliphatic carbocycles. The summed E-state index contributed by atoms with van der Waals surface area (Å²) in [6, 6.07) is 6.24. The van der Waals surface area contributed by atoms with Crippen molar-refractivity contribution in [2.24, 2.45) is 0 Å². The SMILES string of the molecule is CCOCCCOc1ccc(C)cc1C. The first kappa shape index (κ1) is 12.1. The van der Waals surface area contributed by atoms with Gasteiger partial charge in [0, 0.05) is 19.6 Å². The van der Waals surface area contributed by atoms with Crippen LogP contribution >= 0.6 is 0 Å². The molecule has 0 amide bonds. The van der Waals surface area contributed by atoms with Crippen LogP contribution in [0.4, 0.5) is 0 Å². The molecule has 0 unspecified atom stereocenters. The second-order valence-corrected chi connectivity index (χ2v) is 3.67.